The minimum atomic E-state index is -0.804. The van der Waals surface area contributed by atoms with Crippen LogP contribution in [0.3, 0.4) is 0 Å². The highest BCUT2D eigenvalue weighted by atomic mass is 16.5. The van der Waals surface area contributed by atoms with Crippen LogP contribution in [-0.4, -0.2) is 46.6 Å². The predicted molar refractivity (Wildman–Crippen MR) is 96.0 cm³/mol. The van der Waals surface area contributed by atoms with Crippen LogP contribution in [0.2, 0.25) is 0 Å². The summed E-state index contributed by atoms with van der Waals surface area (Å²) < 4.78 is 9.82. The van der Waals surface area contributed by atoms with Gasteiger partial charge in [0, 0.05) is 11.8 Å². The molecule has 0 atom stereocenters. The number of carbonyl (C=O) groups excluding carboxylic acids is 2. The Morgan fingerprint density at radius 1 is 0.679 bits per heavy atom. The van der Waals surface area contributed by atoms with Crippen LogP contribution in [-0.2, 0) is 19.1 Å². The molecular formula is C20H20O8. The number of carbonyl (C=O) groups is 2. The molecule has 0 aliphatic heterocycles. The van der Waals surface area contributed by atoms with Gasteiger partial charge in [0.25, 0.3) is 0 Å². The number of hydrogen-bond donors (Lipinski definition) is 4. The highest BCUT2D eigenvalue weighted by Gasteiger charge is 2.59. The molecule has 8 heteroatoms. The Morgan fingerprint density at radius 2 is 1.04 bits per heavy atom. The van der Waals surface area contributed by atoms with Gasteiger partial charge in [-0.2, -0.15) is 0 Å². The molecule has 3 rings (SSSR count). The Morgan fingerprint density at radius 3 is 1.32 bits per heavy atom. The topological polar surface area (TPSA) is 134 Å². The molecule has 0 bridgehead atoms. The second-order valence-corrected chi connectivity index (χ2v) is 6.65. The van der Waals surface area contributed by atoms with Gasteiger partial charge < -0.3 is 29.9 Å². The van der Waals surface area contributed by atoms with E-state index in [0.717, 1.165) is 0 Å². The van der Waals surface area contributed by atoms with Crippen LogP contribution in [0, 0.1) is 11.8 Å². The highest BCUT2D eigenvalue weighted by Crippen LogP contribution is 2.59. The molecule has 28 heavy (non-hydrogen) atoms. The van der Waals surface area contributed by atoms with Gasteiger partial charge in [0.1, 0.15) is 0 Å². The van der Waals surface area contributed by atoms with Crippen LogP contribution in [0.25, 0.3) is 0 Å². The SMILES string of the molecule is COC(=O)C1C(c2ccc(O)c(O)c2)C(C(=O)OC)C1c1ccc(O)c(O)c1. The Labute approximate surface area is 160 Å². The van der Waals surface area contributed by atoms with Crippen molar-refractivity contribution in [2.75, 3.05) is 14.2 Å². The highest BCUT2D eigenvalue weighted by molar-refractivity contribution is 5.85. The molecule has 0 spiro atoms. The van der Waals surface area contributed by atoms with E-state index in [4.69, 9.17) is 9.47 Å². The van der Waals surface area contributed by atoms with Gasteiger partial charge in [-0.05, 0) is 35.4 Å². The number of methoxy groups -OCH3 is 2. The smallest absolute Gasteiger partial charge is 0.309 e. The first-order valence-electron chi connectivity index (χ1n) is 8.49. The zero-order valence-electron chi connectivity index (χ0n) is 15.2. The zero-order chi connectivity index (χ0) is 20.6. The molecule has 0 saturated heterocycles. The van der Waals surface area contributed by atoms with Crippen molar-refractivity contribution < 1.29 is 39.5 Å². The molecule has 1 fully saturated rings. The maximum Gasteiger partial charge on any atom is 0.309 e. The summed E-state index contributed by atoms with van der Waals surface area (Å²) in [4.78, 5) is 25.0. The molecule has 0 amide bonds. The van der Waals surface area contributed by atoms with E-state index in [0.29, 0.717) is 11.1 Å². The molecule has 1 aliphatic carbocycles. The van der Waals surface area contributed by atoms with Gasteiger partial charge in [-0.3, -0.25) is 9.59 Å². The second kappa shape index (κ2) is 7.30. The van der Waals surface area contributed by atoms with Crippen LogP contribution < -0.4 is 0 Å². The fraction of sp³-hybridized carbons (Fsp3) is 0.300. The van der Waals surface area contributed by atoms with Crippen molar-refractivity contribution >= 4 is 11.9 Å². The molecule has 148 valence electrons. The summed E-state index contributed by atoms with van der Waals surface area (Å²) in [6.07, 6.45) is 0. The van der Waals surface area contributed by atoms with Crippen LogP contribution in [0.1, 0.15) is 23.0 Å². The van der Waals surface area contributed by atoms with Gasteiger partial charge >= 0.3 is 11.9 Å². The summed E-state index contributed by atoms with van der Waals surface area (Å²) in [6, 6.07) is 8.14. The molecule has 0 unspecified atom stereocenters. The summed E-state index contributed by atoms with van der Waals surface area (Å²) in [5, 5.41) is 38.8. The Balaban J connectivity index is 2.11. The molecule has 0 heterocycles. The van der Waals surface area contributed by atoms with Crippen LogP contribution >= 0.6 is 0 Å². The number of rotatable bonds is 4. The first-order chi connectivity index (χ1) is 13.3. The third kappa shape index (κ3) is 3.06. The molecule has 1 aliphatic rings. The lowest BCUT2D eigenvalue weighted by Crippen LogP contribution is -2.51. The maximum absolute atomic E-state index is 12.5. The summed E-state index contributed by atoms with van der Waals surface area (Å²) >= 11 is 0. The monoisotopic (exact) mass is 388 g/mol. The van der Waals surface area contributed by atoms with E-state index in [9.17, 15) is 30.0 Å². The minimum Gasteiger partial charge on any atom is -0.504 e. The molecule has 8 nitrogen and oxygen atoms in total. The van der Waals surface area contributed by atoms with Crippen LogP contribution in [0.5, 0.6) is 23.0 Å². The van der Waals surface area contributed by atoms with Crippen LogP contribution in [0.4, 0.5) is 0 Å². The molecule has 2 aromatic rings. The third-order valence-electron chi connectivity index (χ3n) is 5.26. The van der Waals surface area contributed by atoms with Gasteiger partial charge in [-0.15, -0.1) is 0 Å². The summed E-state index contributed by atoms with van der Waals surface area (Å²) in [7, 11) is 2.45. The van der Waals surface area contributed by atoms with E-state index in [2.05, 4.69) is 0 Å². The third-order valence-corrected chi connectivity index (χ3v) is 5.26. The van der Waals surface area contributed by atoms with Crippen molar-refractivity contribution in [3.05, 3.63) is 47.5 Å². The van der Waals surface area contributed by atoms with E-state index in [1.807, 2.05) is 0 Å². The fourth-order valence-corrected chi connectivity index (χ4v) is 3.93. The lowest BCUT2D eigenvalue weighted by atomic mass is 9.52. The van der Waals surface area contributed by atoms with Crippen molar-refractivity contribution in [3.63, 3.8) is 0 Å². The summed E-state index contributed by atoms with van der Waals surface area (Å²) in [5.41, 5.74) is 0.917. The first-order valence-corrected chi connectivity index (χ1v) is 8.49. The molecule has 2 aromatic carbocycles. The van der Waals surface area contributed by atoms with Crippen molar-refractivity contribution in [1.29, 1.82) is 0 Å². The van der Waals surface area contributed by atoms with Crippen molar-refractivity contribution in [2.45, 2.75) is 11.8 Å². The van der Waals surface area contributed by atoms with E-state index < -0.39 is 35.6 Å². The summed E-state index contributed by atoms with van der Waals surface area (Å²) in [5.74, 6) is -5.51. The lowest BCUT2D eigenvalue weighted by molar-refractivity contribution is -0.164. The first kappa shape index (κ1) is 19.3. The van der Waals surface area contributed by atoms with Gasteiger partial charge in [0.2, 0.25) is 0 Å². The molecule has 1 saturated carbocycles. The molecule has 4 N–H and O–H groups in total. The number of benzene rings is 2. The molecule has 0 aromatic heterocycles. The van der Waals surface area contributed by atoms with Crippen molar-refractivity contribution in [3.8, 4) is 23.0 Å². The van der Waals surface area contributed by atoms with E-state index in [1.165, 1.54) is 50.6 Å². The van der Waals surface area contributed by atoms with Gasteiger partial charge in [0.05, 0.1) is 26.1 Å². The van der Waals surface area contributed by atoms with Crippen molar-refractivity contribution in [1.82, 2.24) is 0 Å². The van der Waals surface area contributed by atoms with Crippen molar-refractivity contribution in [2.24, 2.45) is 11.8 Å². The quantitative estimate of drug-likeness (QED) is 0.461. The maximum atomic E-state index is 12.5. The Kier molecular flexibility index (Phi) is 5.04. The summed E-state index contributed by atoms with van der Waals surface area (Å²) in [6.45, 7) is 0. The standard InChI is InChI=1S/C20H20O8/c1-27-19(25)17-15(9-3-5-11(21)13(23)7-9)18(20(26)28-2)16(17)10-4-6-12(22)14(24)8-10/h3-8,15-18,21-24H,1-2H3. The van der Waals surface area contributed by atoms with Gasteiger partial charge in [0.15, 0.2) is 23.0 Å². The predicted octanol–water partition coefficient (Wildman–Crippen LogP) is 1.97. The number of hydrogen-bond acceptors (Lipinski definition) is 8. The lowest BCUT2D eigenvalue weighted by Gasteiger charge is -2.49. The largest absolute Gasteiger partial charge is 0.504 e. The molecule has 0 radical (unpaired) electrons. The molecular weight excluding hydrogens is 368 g/mol. The number of phenolic OH excluding ortho intramolecular Hbond substituents is 4. The average Bonchev–Trinajstić information content (AvgIpc) is 2.66. The fourth-order valence-electron chi connectivity index (χ4n) is 3.93. The normalized spacial score (nSPS) is 23.5. The van der Waals surface area contributed by atoms with Gasteiger partial charge in [-0.1, -0.05) is 12.1 Å². The minimum absolute atomic E-state index is 0.327. The number of aromatic hydroxyl groups is 4. The van der Waals surface area contributed by atoms with E-state index in [-0.39, 0.29) is 23.0 Å². The Bertz CT molecular complexity index is 839. The second-order valence-electron chi connectivity index (χ2n) is 6.65. The number of esters is 2. The van der Waals surface area contributed by atoms with E-state index >= 15 is 0 Å². The average molecular weight is 388 g/mol. The van der Waals surface area contributed by atoms with Crippen LogP contribution in [0.15, 0.2) is 36.4 Å². The number of ether oxygens (including phenoxy) is 2. The van der Waals surface area contributed by atoms with Gasteiger partial charge in [-0.25, -0.2) is 0 Å². The number of phenols is 4. The van der Waals surface area contributed by atoms with E-state index in [1.54, 1.807) is 0 Å². The Hall–Kier alpha value is -3.42. The zero-order valence-corrected chi connectivity index (χ0v) is 15.2.